The van der Waals surface area contributed by atoms with E-state index < -0.39 is 17.4 Å². The lowest BCUT2D eigenvalue weighted by atomic mass is 9.77. The molecule has 0 unspecified atom stereocenters. The van der Waals surface area contributed by atoms with Gasteiger partial charge in [0.2, 0.25) is 5.91 Å². The van der Waals surface area contributed by atoms with Crippen LogP contribution < -0.4 is 0 Å². The number of carbonyl (C=O) groups excluding carboxylic acids is 2. The van der Waals surface area contributed by atoms with Crippen molar-refractivity contribution in [2.75, 3.05) is 20.1 Å². The number of hydrogen-bond acceptors (Lipinski definition) is 4. The highest BCUT2D eigenvalue weighted by Gasteiger charge is 2.55. The number of rotatable bonds is 4. The van der Waals surface area contributed by atoms with E-state index in [1.165, 1.54) is 0 Å². The fraction of sp³-hybridized carbons (Fsp3) is 0.667. The molecule has 2 amide bonds. The van der Waals surface area contributed by atoms with Crippen LogP contribution in [0, 0.1) is 12.8 Å². The van der Waals surface area contributed by atoms with Crippen molar-refractivity contribution in [2.24, 2.45) is 5.92 Å². The molecule has 2 saturated heterocycles. The standard InChI is InChI=1S/C18H26N4O4/c1-4-7-22-12(2)13(11-19-22)16(24)21-8-5-18(6-9-21)14(17(25)26)10-15(23)20(18)3/h11,14H,4-10H2,1-3H3,(H,25,26)/t14-/m1/s1. The van der Waals surface area contributed by atoms with E-state index in [1.54, 1.807) is 23.0 Å². The van der Waals surface area contributed by atoms with Crippen molar-refractivity contribution in [3.8, 4) is 0 Å². The second-order valence-corrected chi connectivity index (χ2v) is 7.31. The van der Waals surface area contributed by atoms with E-state index in [-0.39, 0.29) is 18.2 Å². The van der Waals surface area contributed by atoms with Gasteiger partial charge >= 0.3 is 5.97 Å². The van der Waals surface area contributed by atoms with Crippen molar-refractivity contribution in [2.45, 2.75) is 51.6 Å². The Kier molecular flexibility index (Phi) is 4.77. The first-order chi connectivity index (χ1) is 12.3. The molecular formula is C18H26N4O4. The fourth-order valence-electron chi connectivity index (χ4n) is 4.35. The molecule has 0 saturated carbocycles. The summed E-state index contributed by atoms with van der Waals surface area (Å²) in [6.07, 6.45) is 3.57. The summed E-state index contributed by atoms with van der Waals surface area (Å²) in [4.78, 5) is 39.9. The summed E-state index contributed by atoms with van der Waals surface area (Å²) in [5, 5.41) is 13.8. The van der Waals surface area contributed by atoms with Crippen LogP contribution in [0.3, 0.4) is 0 Å². The molecular weight excluding hydrogens is 336 g/mol. The van der Waals surface area contributed by atoms with Gasteiger partial charge in [-0.2, -0.15) is 5.10 Å². The summed E-state index contributed by atoms with van der Waals surface area (Å²) < 4.78 is 1.84. The summed E-state index contributed by atoms with van der Waals surface area (Å²) in [5.41, 5.74) is 0.773. The van der Waals surface area contributed by atoms with Gasteiger partial charge in [0.15, 0.2) is 0 Å². The molecule has 0 bridgehead atoms. The number of likely N-dealkylation sites (tertiary alicyclic amines) is 2. The minimum Gasteiger partial charge on any atom is -0.481 e. The van der Waals surface area contributed by atoms with E-state index in [4.69, 9.17) is 0 Å². The SMILES string of the molecule is CCCn1ncc(C(=O)N2CCC3(CC2)[C@@H](C(=O)O)CC(=O)N3C)c1C. The van der Waals surface area contributed by atoms with Gasteiger partial charge in [-0.15, -0.1) is 0 Å². The number of carboxylic acid groups (broad SMARTS) is 1. The van der Waals surface area contributed by atoms with E-state index in [0.29, 0.717) is 31.5 Å². The Morgan fingerprint density at radius 3 is 2.58 bits per heavy atom. The van der Waals surface area contributed by atoms with Crippen molar-refractivity contribution >= 4 is 17.8 Å². The molecule has 3 heterocycles. The van der Waals surface area contributed by atoms with E-state index >= 15 is 0 Å². The Hall–Kier alpha value is -2.38. The van der Waals surface area contributed by atoms with Gasteiger partial charge in [-0.3, -0.25) is 19.1 Å². The quantitative estimate of drug-likeness (QED) is 0.866. The highest BCUT2D eigenvalue weighted by molar-refractivity contribution is 5.95. The average Bonchev–Trinajstić information content (AvgIpc) is 3.09. The third-order valence-electron chi connectivity index (χ3n) is 6.05. The highest BCUT2D eigenvalue weighted by Crippen LogP contribution is 2.43. The Balaban J connectivity index is 1.75. The summed E-state index contributed by atoms with van der Waals surface area (Å²) in [6.45, 7) is 5.61. The Morgan fingerprint density at radius 1 is 1.35 bits per heavy atom. The molecule has 1 spiro atoms. The molecule has 0 aliphatic carbocycles. The smallest absolute Gasteiger partial charge is 0.309 e. The second kappa shape index (κ2) is 6.74. The fourth-order valence-corrected chi connectivity index (χ4v) is 4.35. The number of carboxylic acids is 1. The predicted octanol–water partition coefficient (Wildman–Crippen LogP) is 1.14. The molecule has 8 heteroatoms. The normalized spacial score (nSPS) is 22.3. The minimum atomic E-state index is -0.931. The lowest BCUT2D eigenvalue weighted by molar-refractivity contribution is -0.145. The monoisotopic (exact) mass is 362 g/mol. The molecule has 1 N–H and O–H groups in total. The van der Waals surface area contributed by atoms with Gasteiger partial charge in [-0.25, -0.2) is 0 Å². The van der Waals surface area contributed by atoms with E-state index in [0.717, 1.165) is 18.7 Å². The van der Waals surface area contributed by atoms with Gasteiger partial charge < -0.3 is 14.9 Å². The summed E-state index contributed by atoms with van der Waals surface area (Å²) in [6, 6.07) is 0. The first-order valence-corrected chi connectivity index (χ1v) is 9.13. The molecule has 0 aromatic carbocycles. The average molecular weight is 362 g/mol. The van der Waals surface area contributed by atoms with Crippen LogP contribution in [0.4, 0.5) is 0 Å². The zero-order valence-electron chi connectivity index (χ0n) is 15.6. The molecule has 2 aliphatic heterocycles. The van der Waals surface area contributed by atoms with Crippen molar-refractivity contribution in [1.82, 2.24) is 19.6 Å². The van der Waals surface area contributed by atoms with E-state index in [2.05, 4.69) is 12.0 Å². The first-order valence-electron chi connectivity index (χ1n) is 9.13. The molecule has 0 radical (unpaired) electrons. The maximum atomic E-state index is 12.9. The number of carbonyl (C=O) groups is 3. The van der Waals surface area contributed by atoms with Crippen molar-refractivity contribution in [1.29, 1.82) is 0 Å². The van der Waals surface area contributed by atoms with Gasteiger partial charge in [0, 0.05) is 38.8 Å². The summed E-state index contributed by atoms with van der Waals surface area (Å²) in [5.74, 6) is -1.84. The molecule has 142 valence electrons. The number of nitrogens with zero attached hydrogens (tertiary/aromatic N) is 4. The Labute approximate surface area is 152 Å². The zero-order chi connectivity index (χ0) is 19.1. The number of aliphatic carboxylic acids is 1. The van der Waals surface area contributed by atoms with Crippen LogP contribution in [0.5, 0.6) is 0 Å². The van der Waals surface area contributed by atoms with Crippen LogP contribution in [-0.2, 0) is 16.1 Å². The van der Waals surface area contributed by atoms with Crippen LogP contribution in [0.1, 0.15) is 48.7 Å². The number of amides is 2. The van der Waals surface area contributed by atoms with E-state index in [9.17, 15) is 19.5 Å². The highest BCUT2D eigenvalue weighted by atomic mass is 16.4. The Bertz CT molecular complexity index is 734. The minimum absolute atomic E-state index is 0.0443. The van der Waals surface area contributed by atoms with Crippen LogP contribution in [0.25, 0.3) is 0 Å². The maximum absolute atomic E-state index is 12.9. The van der Waals surface area contributed by atoms with Crippen molar-refractivity contribution < 1.29 is 19.5 Å². The van der Waals surface area contributed by atoms with Crippen LogP contribution in [-0.4, -0.2) is 68.1 Å². The molecule has 8 nitrogen and oxygen atoms in total. The number of piperidine rings is 1. The number of aryl methyl sites for hydroxylation is 1. The van der Waals surface area contributed by atoms with Crippen LogP contribution >= 0.6 is 0 Å². The summed E-state index contributed by atoms with van der Waals surface area (Å²) >= 11 is 0. The second-order valence-electron chi connectivity index (χ2n) is 7.31. The lowest BCUT2D eigenvalue weighted by Crippen LogP contribution is -2.57. The van der Waals surface area contributed by atoms with Crippen molar-refractivity contribution in [3.63, 3.8) is 0 Å². The van der Waals surface area contributed by atoms with Gasteiger partial charge in [0.25, 0.3) is 5.91 Å². The van der Waals surface area contributed by atoms with Gasteiger partial charge in [0.1, 0.15) is 0 Å². The molecule has 2 fully saturated rings. The third-order valence-corrected chi connectivity index (χ3v) is 6.05. The topological polar surface area (TPSA) is 95.7 Å². The molecule has 2 aliphatic rings. The van der Waals surface area contributed by atoms with Gasteiger partial charge in [-0.1, -0.05) is 6.92 Å². The number of hydrogen-bond donors (Lipinski definition) is 1. The summed E-state index contributed by atoms with van der Waals surface area (Å²) in [7, 11) is 1.68. The lowest BCUT2D eigenvalue weighted by Gasteiger charge is -2.45. The molecule has 26 heavy (non-hydrogen) atoms. The first kappa shape index (κ1) is 18.4. The molecule has 1 atom stereocenters. The maximum Gasteiger partial charge on any atom is 0.309 e. The van der Waals surface area contributed by atoms with E-state index in [1.807, 2.05) is 11.6 Å². The third kappa shape index (κ3) is 2.77. The Morgan fingerprint density at radius 2 is 2.00 bits per heavy atom. The van der Waals surface area contributed by atoms with Crippen LogP contribution in [0.15, 0.2) is 6.20 Å². The molecule has 1 aromatic rings. The van der Waals surface area contributed by atoms with Gasteiger partial charge in [-0.05, 0) is 26.2 Å². The van der Waals surface area contributed by atoms with Gasteiger partial charge in [0.05, 0.1) is 23.2 Å². The van der Waals surface area contributed by atoms with Crippen molar-refractivity contribution in [3.05, 3.63) is 17.5 Å². The predicted molar refractivity (Wildman–Crippen MR) is 93.6 cm³/mol. The molecule has 1 aromatic heterocycles. The number of aromatic nitrogens is 2. The zero-order valence-corrected chi connectivity index (χ0v) is 15.6. The largest absolute Gasteiger partial charge is 0.481 e. The van der Waals surface area contributed by atoms with Crippen LogP contribution in [0.2, 0.25) is 0 Å². The molecule has 3 rings (SSSR count).